The average molecular weight is 626 g/mol. The minimum absolute atomic E-state index is 0.0930. The SMILES string of the molecule is COC(CNC(=O)N(/N=C/c1ccccc1)c1cc(Cl)c(Cc2ccc(C(=O)c3ccc(Cl)nc3)cc2)c(Cl)c1)OC. The van der Waals surface area contributed by atoms with Gasteiger partial charge in [-0.3, -0.25) is 4.79 Å². The number of methoxy groups -OCH3 is 2. The van der Waals surface area contributed by atoms with Gasteiger partial charge in [0, 0.05) is 48.0 Å². The second-order valence-corrected chi connectivity index (χ2v) is 10.2. The topological polar surface area (TPSA) is 93.1 Å². The van der Waals surface area contributed by atoms with Gasteiger partial charge < -0.3 is 14.8 Å². The van der Waals surface area contributed by atoms with Gasteiger partial charge in [-0.05, 0) is 41.0 Å². The molecule has 0 aliphatic carbocycles. The maximum atomic E-state index is 13.2. The van der Waals surface area contributed by atoms with E-state index >= 15 is 0 Å². The number of ketones is 1. The maximum absolute atomic E-state index is 13.2. The van der Waals surface area contributed by atoms with Crippen LogP contribution < -0.4 is 10.3 Å². The quantitative estimate of drug-likeness (QED) is 0.0635. The molecule has 0 bridgehead atoms. The molecule has 0 aliphatic heterocycles. The van der Waals surface area contributed by atoms with Crippen molar-refractivity contribution in [2.45, 2.75) is 12.7 Å². The number of aromatic nitrogens is 1. The van der Waals surface area contributed by atoms with Gasteiger partial charge in [0.15, 0.2) is 12.1 Å². The normalized spacial score (nSPS) is 11.2. The van der Waals surface area contributed by atoms with Crippen LogP contribution in [-0.4, -0.2) is 50.1 Å². The lowest BCUT2D eigenvalue weighted by atomic mass is 10.00. The van der Waals surface area contributed by atoms with Crippen molar-refractivity contribution in [3.05, 3.63) is 128 Å². The summed E-state index contributed by atoms with van der Waals surface area (Å²) in [5, 5.41) is 9.33. The number of benzene rings is 3. The van der Waals surface area contributed by atoms with Gasteiger partial charge in [-0.25, -0.2) is 9.78 Å². The van der Waals surface area contributed by atoms with Crippen molar-refractivity contribution in [3.63, 3.8) is 0 Å². The fraction of sp³-hybridized carbons (Fsp3) is 0.161. The van der Waals surface area contributed by atoms with Crippen molar-refractivity contribution < 1.29 is 19.1 Å². The fourth-order valence-electron chi connectivity index (χ4n) is 3.94. The number of ether oxygens (including phenoxy) is 2. The molecule has 0 spiro atoms. The highest BCUT2D eigenvalue weighted by Crippen LogP contribution is 2.33. The summed E-state index contributed by atoms with van der Waals surface area (Å²) in [7, 11) is 2.96. The Hall–Kier alpha value is -3.79. The number of amides is 2. The van der Waals surface area contributed by atoms with E-state index in [-0.39, 0.29) is 12.3 Å². The Balaban J connectivity index is 1.55. The molecule has 1 aromatic heterocycles. The fourth-order valence-corrected chi connectivity index (χ4v) is 4.66. The van der Waals surface area contributed by atoms with E-state index in [4.69, 9.17) is 44.3 Å². The Labute approximate surface area is 258 Å². The number of anilines is 1. The first-order valence-electron chi connectivity index (χ1n) is 12.7. The molecule has 0 aliphatic rings. The summed E-state index contributed by atoms with van der Waals surface area (Å²) in [5.74, 6) is -0.164. The monoisotopic (exact) mass is 624 g/mol. The van der Waals surface area contributed by atoms with Crippen molar-refractivity contribution in [1.29, 1.82) is 0 Å². The number of pyridine rings is 1. The molecule has 42 heavy (non-hydrogen) atoms. The molecule has 0 saturated carbocycles. The molecular formula is C31H27Cl3N4O4. The highest BCUT2D eigenvalue weighted by molar-refractivity contribution is 6.36. The molecule has 0 fully saturated rings. The molecule has 216 valence electrons. The van der Waals surface area contributed by atoms with Gasteiger partial charge in [0.1, 0.15) is 5.15 Å². The number of carbonyl (C=O) groups excluding carboxylic acids is 2. The number of urea groups is 1. The maximum Gasteiger partial charge on any atom is 0.342 e. The van der Waals surface area contributed by atoms with Crippen LogP contribution >= 0.6 is 34.8 Å². The molecular weight excluding hydrogens is 599 g/mol. The third-order valence-corrected chi connectivity index (χ3v) is 7.11. The minimum atomic E-state index is -0.631. The van der Waals surface area contributed by atoms with Crippen molar-refractivity contribution >= 4 is 58.5 Å². The first kappa shape index (κ1) is 31.2. The zero-order valence-corrected chi connectivity index (χ0v) is 25.0. The second-order valence-electron chi connectivity index (χ2n) is 9.01. The van der Waals surface area contributed by atoms with Crippen LogP contribution in [-0.2, 0) is 15.9 Å². The summed E-state index contributed by atoms with van der Waals surface area (Å²) in [6.07, 6.45) is 2.77. The van der Waals surface area contributed by atoms with Gasteiger partial charge in [0.25, 0.3) is 0 Å². The van der Waals surface area contributed by atoms with Crippen molar-refractivity contribution in [2.24, 2.45) is 5.10 Å². The minimum Gasteiger partial charge on any atom is -0.354 e. The van der Waals surface area contributed by atoms with Crippen molar-refractivity contribution in [3.8, 4) is 0 Å². The van der Waals surface area contributed by atoms with Gasteiger partial charge >= 0.3 is 6.03 Å². The summed E-state index contributed by atoms with van der Waals surface area (Å²) >= 11 is 19.2. The smallest absolute Gasteiger partial charge is 0.342 e. The zero-order valence-electron chi connectivity index (χ0n) is 22.8. The van der Waals surface area contributed by atoms with Gasteiger partial charge in [-0.15, -0.1) is 0 Å². The number of nitrogens with zero attached hydrogens (tertiary/aromatic N) is 3. The van der Waals surface area contributed by atoms with E-state index in [0.717, 1.165) is 11.1 Å². The molecule has 0 radical (unpaired) electrons. The first-order chi connectivity index (χ1) is 20.3. The van der Waals surface area contributed by atoms with E-state index < -0.39 is 12.3 Å². The Morgan fingerprint density at radius 2 is 1.57 bits per heavy atom. The highest BCUT2D eigenvalue weighted by atomic mass is 35.5. The largest absolute Gasteiger partial charge is 0.354 e. The molecule has 1 N–H and O–H groups in total. The highest BCUT2D eigenvalue weighted by Gasteiger charge is 2.20. The molecule has 4 rings (SSSR count). The molecule has 4 aromatic rings. The molecule has 2 amide bonds. The summed E-state index contributed by atoms with van der Waals surface area (Å²) in [5.41, 5.74) is 3.66. The average Bonchev–Trinajstić information content (AvgIpc) is 3.00. The Morgan fingerprint density at radius 3 is 2.17 bits per heavy atom. The summed E-state index contributed by atoms with van der Waals surface area (Å²) in [6, 6.07) is 22.4. The summed E-state index contributed by atoms with van der Waals surface area (Å²) < 4.78 is 10.3. The Bertz CT molecular complexity index is 1520. The number of hydrogen-bond acceptors (Lipinski definition) is 6. The first-order valence-corrected chi connectivity index (χ1v) is 13.9. The van der Waals surface area contributed by atoms with E-state index in [1.165, 1.54) is 25.4 Å². The predicted octanol–water partition coefficient (Wildman–Crippen LogP) is 7.03. The number of hydrogen-bond donors (Lipinski definition) is 1. The third kappa shape index (κ3) is 8.15. The number of hydrazone groups is 1. The van der Waals surface area contributed by atoms with Gasteiger partial charge in [-0.1, -0.05) is 89.4 Å². The van der Waals surface area contributed by atoms with Crippen LogP contribution in [0.3, 0.4) is 0 Å². The van der Waals surface area contributed by atoms with Crippen LogP contribution in [0.4, 0.5) is 10.5 Å². The zero-order chi connectivity index (χ0) is 30.1. The van der Waals surface area contributed by atoms with Crippen LogP contribution in [0.5, 0.6) is 0 Å². The third-order valence-electron chi connectivity index (χ3n) is 6.22. The molecule has 1 heterocycles. The molecule has 0 atom stereocenters. The standard InChI is InChI=1S/C31H27Cl3N4O4/c1-41-29(42-2)19-36-31(40)38(37-17-21-6-4-3-5-7-21)24-15-26(32)25(27(33)16-24)14-20-8-10-22(11-9-20)30(39)23-12-13-28(34)35-18-23/h3-13,15-18,29H,14,19H2,1-2H3,(H,36,40)/b37-17+. The number of rotatable bonds is 11. The molecule has 11 heteroatoms. The molecule has 3 aromatic carbocycles. The van der Waals surface area contributed by atoms with Gasteiger partial charge in [0.05, 0.1) is 18.4 Å². The Kier molecular flexibility index (Phi) is 11.1. The van der Waals surface area contributed by atoms with Crippen LogP contribution in [0.2, 0.25) is 15.2 Å². The van der Waals surface area contributed by atoms with Crippen LogP contribution in [0, 0.1) is 0 Å². The van der Waals surface area contributed by atoms with Gasteiger partial charge in [-0.2, -0.15) is 10.1 Å². The van der Waals surface area contributed by atoms with E-state index in [1.54, 1.807) is 42.6 Å². The lowest BCUT2D eigenvalue weighted by Crippen LogP contribution is -2.41. The lowest BCUT2D eigenvalue weighted by molar-refractivity contribution is -0.0970. The number of carbonyl (C=O) groups is 2. The van der Waals surface area contributed by atoms with E-state index in [9.17, 15) is 9.59 Å². The van der Waals surface area contributed by atoms with E-state index in [1.807, 2.05) is 42.5 Å². The summed E-state index contributed by atoms with van der Waals surface area (Å²) in [6.45, 7) is 0.0930. The van der Waals surface area contributed by atoms with Gasteiger partial charge in [0.2, 0.25) is 0 Å². The summed E-state index contributed by atoms with van der Waals surface area (Å²) in [4.78, 5) is 29.9. The second kappa shape index (κ2) is 14.9. The number of halogens is 3. The van der Waals surface area contributed by atoms with Crippen LogP contribution in [0.15, 0.2) is 90.2 Å². The molecule has 8 nitrogen and oxygen atoms in total. The van der Waals surface area contributed by atoms with Crippen molar-refractivity contribution in [1.82, 2.24) is 10.3 Å². The molecule has 0 unspecified atom stereocenters. The lowest BCUT2D eigenvalue weighted by Gasteiger charge is -2.21. The Morgan fingerprint density at radius 1 is 0.929 bits per heavy atom. The van der Waals surface area contributed by atoms with E-state index in [0.29, 0.717) is 44.0 Å². The number of nitrogens with one attached hydrogen (secondary N) is 1. The van der Waals surface area contributed by atoms with Crippen molar-refractivity contribution in [2.75, 3.05) is 25.8 Å². The van der Waals surface area contributed by atoms with Crippen LogP contribution in [0.25, 0.3) is 0 Å². The molecule has 0 saturated heterocycles. The van der Waals surface area contributed by atoms with Crippen LogP contribution in [0.1, 0.15) is 32.6 Å². The van der Waals surface area contributed by atoms with E-state index in [2.05, 4.69) is 15.4 Å². The predicted molar refractivity (Wildman–Crippen MR) is 166 cm³/mol.